The second-order valence-corrected chi connectivity index (χ2v) is 6.57. The number of benzene rings is 1. The van der Waals surface area contributed by atoms with Gasteiger partial charge in [-0.15, -0.1) is 11.3 Å². The van der Waals surface area contributed by atoms with Gasteiger partial charge in [-0.3, -0.25) is 5.84 Å². The molecule has 0 amide bonds. The molecule has 0 aliphatic heterocycles. The Hall–Kier alpha value is -1.36. The van der Waals surface area contributed by atoms with Crippen molar-refractivity contribution in [2.75, 3.05) is 6.61 Å². The van der Waals surface area contributed by atoms with Crippen molar-refractivity contribution in [1.82, 2.24) is 5.43 Å². The summed E-state index contributed by atoms with van der Waals surface area (Å²) in [6, 6.07) is 10.6. The molecule has 1 aliphatic rings. The first-order valence-corrected chi connectivity index (χ1v) is 8.44. The van der Waals surface area contributed by atoms with Gasteiger partial charge in [-0.1, -0.05) is 12.1 Å². The van der Waals surface area contributed by atoms with Gasteiger partial charge < -0.3 is 4.74 Å². The predicted octanol–water partition coefficient (Wildman–Crippen LogP) is 3.58. The highest BCUT2D eigenvalue weighted by Crippen LogP contribution is 2.35. The molecule has 1 aromatic carbocycles. The summed E-state index contributed by atoms with van der Waals surface area (Å²) in [6.07, 6.45) is 5.07. The van der Waals surface area contributed by atoms with E-state index < -0.39 is 0 Å². The summed E-state index contributed by atoms with van der Waals surface area (Å²) in [5.41, 5.74) is 5.67. The van der Waals surface area contributed by atoms with Gasteiger partial charge in [0.1, 0.15) is 5.75 Å². The Balaban J connectivity index is 1.85. The van der Waals surface area contributed by atoms with Crippen LogP contribution in [-0.2, 0) is 12.8 Å². The molecule has 3 N–H and O–H groups in total. The molecule has 2 aromatic rings. The number of ether oxygens (including phenoxy) is 1. The Morgan fingerprint density at radius 3 is 2.67 bits per heavy atom. The largest absolute Gasteiger partial charge is 0.494 e. The van der Waals surface area contributed by atoms with Crippen molar-refractivity contribution >= 4 is 11.3 Å². The molecule has 112 valence electrons. The molecule has 3 rings (SSSR count). The summed E-state index contributed by atoms with van der Waals surface area (Å²) in [5, 5.41) is 0. The van der Waals surface area contributed by atoms with Gasteiger partial charge in [0.25, 0.3) is 0 Å². The average molecular weight is 302 g/mol. The van der Waals surface area contributed by atoms with Gasteiger partial charge >= 0.3 is 0 Å². The van der Waals surface area contributed by atoms with Crippen LogP contribution in [0.1, 0.15) is 46.7 Å². The number of nitrogens with two attached hydrogens (primary N) is 1. The molecular formula is C17H22N2OS. The van der Waals surface area contributed by atoms with E-state index in [2.05, 4.69) is 23.6 Å². The molecule has 0 fully saturated rings. The minimum Gasteiger partial charge on any atom is -0.494 e. The summed E-state index contributed by atoms with van der Waals surface area (Å²) in [7, 11) is 0. The molecule has 21 heavy (non-hydrogen) atoms. The highest BCUT2D eigenvalue weighted by atomic mass is 32.1. The van der Waals surface area contributed by atoms with Gasteiger partial charge in [0.2, 0.25) is 0 Å². The van der Waals surface area contributed by atoms with Crippen LogP contribution in [-0.4, -0.2) is 6.61 Å². The van der Waals surface area contributed by atoms with E-state index in [1.54, 1.807) is 4.88 Å². The van der Waals surface area contributed by atoms with Gasteiger partial charge in [-0.05, 0) is 61.9 Å². The Morgan fingerprint density at radius 2 is 2.00 bits per heavy atom. The maximum Gasteiger partial charge on any atom is 0.119 e. The van der Waals surface area contributed by atoms with Gasteiger partial charge in [0, 0.05) is 9.75 Å². The number of fused-ring (bicyclic) bond motifs is 1. The van der Waals surface area contributed by atoms with Crippen molar-refractivity contribution in [3.63, 3.8) is 0 Å². The van der Waals surface area contributed by atoms with Crippen molar-refractivity contribution in [2.24, 2.45) is 5.84 Å². The Labute approximate surface area is 130 Å². The van der Waals surface area contributed by atoms with E-state index in [1.165, 1.54) is 41.7 Å². The topological polar surface area (TPSA) is 47.3 Å². The van der Waals surface area contributed by atoms with Crippen LogP contribution < -0.4 is 16.0 Å². The van der Waals surface area contributed by atoms with Crippen molar-refractivity contribution in [3.05, 3.63) is 51.2 Å². The zero-order valence-electron chi connectivity index (χ0n) is 12.4. The van der Waals surface area contributed by atoms with Crippen LogP contribution in [0.3, 0.4) is 0 Å². The summed E-state index contributed by atoms with van der Waals surface area (Å²) in [6.45, 7) is 2.68. The number of hydrogen-bond acceptors (Lipinski definition) is 4. The third-order valence-corrected chi connectivity index (χ3v) is 5.29. The maximum atomic E-state index is 5.82. The summed E-state index contributed by atoms with van der Waals surface area (Å²) in [5.74, 6) is 6.72. The first kappa shape index (κ1) is 14.6. The predicted molar refractivity (Wildman–Crippen MR) is 87.7 cm³/mol. The fraction of sp³-hybridized carbons (Fsp3) is 0.412. The summed E-state index contributed by atoms with van der Waals surface area (Å²) in [4.78, 5) is 2.86. The lowest BCUT2D eigenvalue weighted by atomic mass is 9.98. The molecule has 1 aliphatic carbocycles. The van der Waals surface area contributed by atoms with E-state index in [-0.39, 0.29) is 6.04 Å². The summed E-state index contributed by atoms with van der Waals surface area (Å²) < 4.78 is 5.50. The van der Waals surface area contributed by atoms with Gasteiger partial charge in [0.15, 0.2) is 0 Å². The molecule has 1 heterocycles. The van der Waals surface area contributed by atoms with Crippen LogP contribution in [0.15, 0.2) is 30.3 Å². The molecule has 0 bridgehead atoms. The zero-order chi connectivity index (χ0) is 14.7. The van der Waals surface area contributed by atoms with E-state index in [0.717, 1.165) is 5.75 Å². The van der Waals surface area contributed by atoms with Gasteiger partial charge in [0.05, 0.1) is 12.6 Å². The SMILES string of the molecule is CCOc1ccc(C(NN)c2cc3c(s2)CCCC3)cc1. The first-order valence-electron chi connectivity index (χ1n) is 7.62. The maximum absolute atomic E-state index is 5.82. The minimum absolute atomic E-state index is 0.0660. The number of rotatable bonds is 5. The van der Waals surface area contributed by atoms with Crippen LogP contribution in [0.4, 0.5) is 0 Å². The van der Waals surface area contributed by atoms with E-state index in [0.29, 0.717) is 6.61 Å². The number of hydrogen-bond donors (Lipinski definition) is 2. The number of nitrogens with one attached hydrogen (secondary N) is 1. The average Bonchev–Trinajstić information content (AvgIpc) is 2.93. The van der Waals surface area contributed by atoms with Crippen molar-refractivity contribution in [1.29, 1.82) is 0 Å². The lowest BCUT2D eigenvalue weighted by Gasteiger charge is -2.15. The van der Waals surface area contributed by atoms with Crippen LogP contribution in [0.25, 0.3) is 0 Å². The van der Waals surface area contributed by atoms with Crippen LogP contribution in [0.2, 0.25) is 0 Å². The highest BCUT2D eigenvalue weighted by Gasteiger charge is 2.19. The van der Waals surface area contributed by atoms with Crippen molar-refractivity contribution in [2.45, 2.75) is 38.6 Å². The van der Waals surface area contributed by atoms with Crippen molar-refractivity contribution < 1.29 is 4.74 Å². The molecule has 0 radical (unpaired) electrons. The van der Waals surface area contributed by atoms with Gasteiger partial charge in [-0.25, -0.2) is 5.43 Å². The fourth-order valence-electron chi connectivity index (χ4n) is 2.92. The second kappa shape index (κ2) is 6.60. The fourth-order valence-corrected chi connectivity index (χ4v) is 4.27. The van der Waals surface area contributed by atoms with E-state index >= 15 is 0 Å². The summed E-state index contributed by atoms with van der Waals surface area (Å²) >= 11 is 1.90. The molecule has 1 unspecified atom stereocenters. The Kier molecular flexibility index (Phi) is 4.58. The standard InChI is InChI=1S/C17H22N2OS/c1-2-20-14-9-7-12(8-10-14)17(19-18)16-11-13-5-3-4-6-15(13)21-16/h7-11,17,19H,2-6,18H2,1H3. The molecule has 1 aromatic heterocycles. The third kappa shape index (κ3) is 3.12. The number of aryl methyl sites for hydroxylation is 2. The van der Waals surface area contributed by atoms with E-state index in [1.807, 2.05) is 30.4 Å². The molecular weight excluding hydrogens is 280 g/mol. The van der Waals surface area contributed by atoms with Crippen LogP contribution in [0, 0.1) is 0 Å². The van der Waals surface area contributed by atoms with Gasteiger partial charge in [-0.2, -0.15) is 0 Å². The molecule has 0 saturated carbocycles. The molecule has 4 heteroatoms. The lowest BCUT2D eigenvalue weighted by molar-refractivity contribution is 0.340. The molecule has 3 nitrogen and oxygen atoms in total. The second-order valence-electron chi connectivity index (χ2n) is 5.41. The van der Waals surface area contributed by atoms with E-state index in [4.69, 9.17) is 10.6 Å². The Morgan fingerprint density at radius 1 is 1.24 bits per heavy atom. The van der Waals surface area contributed by atoms with Crippen LogP contribution >= 0.6 is 11.3 Å². The molecule has 0 saturated heterocycles. The number of hydrazine groups is 1. The normalized spacial score (nSPS) is 15.5. The highest BCUT2D eigenvalue weighted by molar-refractivity contribution is 7.12. The smallest absolute Gasteiger partial charge is 0.119 e. The first-order chi connectivity index (χ1) is 10.3. The van der Waals surface area contributed by atoms with E-state index in [9.17, 15) is 0 Å². The third-order valence-electron chi connectivity index (χ3n) is 3.99. The molecule has 1 atom stereocenters. The van der Waals surface area contributed by atoms with Crippen LogP contribution in [0.5, 0.6) is 5.75 Å². The number of thiophene rings is 1. The lowest BCUT2D eigenvalue weighted by Crippen LogP contribution is -2.28. The van der Waals surface area contributed by atoms with Crippen molar-refractivity contribution in [3.8, 4) is 5.75 Å². The quantitative estimate of drug-likeness (QED) is 0.655. The minimum atomic E-state index is 0.0660. The molecule has 0 spiro atoms. The monoisotopic (exact) mass is 302 g/mol. The zero-order valence-corrected chi connectivity index (χ0v) is 13.2. The Bertz CT molecular complexity index is 568.